The summed E-state index contributed by atoms with van der Waals surface area (Å²) >= 11 is 2.12. The van der Waals surface area contributed by atoms with Gasteiger partial charge in [-0.25, -0.2) is 0 Å². The topological polar surface area (TPSA) is 9.23 Å². The summed E-state index contributed by atoms with van der Waals surface area (Å²) in [5, 5.41) is 0. The largest absolute Gasteiger partial charge is 0.501 e. The molecule has 0 N–H and O–H groups in total. The van der Waals surface area contributed by atoms with Gasteiger partial charge in [0.25, 0.3) is 0 Å². The normalized spacial score (nSPS) is 29.4. The van der Waals surface area contributed by atoms with E-state index in [0.29, 0.717) is 4.75 Å². The molecular weight excluding hydrogens is 180 g/mol. The monoisotopic (exact) mass is 200 g/mol. The molecule has 1 rings (SSSR count). The molecule has 76 valence electrons. The van der Waals surface area contributed by atoms with Crippen molar-refractivity contribution in [1.82, 2.24) is 0 Å². The van der Waals surface area contributed by atoms with Crippen molar-refractivity contribution in [3.05, 3.63) is 12.3 Å². The minimum atomic E-state index is 0.486. The average Bonchev–Trinajstić information content (AvgIpc) is 2.14. The molecule has 1 heterocycles. The Morgan fingerprint density at radius 2 is 2.31 bits per heavy atom. The third-order valence-corrected chi connectivity index (χ3v) is 4.13. The summed E-state index contributed by atoms with van der Waals surface area (Å²) in [5.41, 5.74) is 0. The van der Waals surface area contributed by atoms with E-state index in [1.54, 1.807) is 6.26 Å². The Labute approximate surface area is 85.9 Å². The van der Waals surface area contributed by atoms with Crippen LogP contribution in [0.3, 0.4) is 0 Å². The molecule has 1 aliphatic rings. The zero-order chi connectivity index (χ0) is 9.57. The average molecular weight is 200 g/mol. The predicted octanol–water partition coefficient (Wildman–Crippen LogP) is 3.60. The van der Waals surface area contributed by atoms with Crippen molar-refractivity contribution in [3.63, 3.8) is 0 Å². The van der Waals surface area contributed by atoms with E-state index in [2.05, 4.69) is 18.7 Å². The molecule has 1 atom stereocenters. The van der Waals surface area contributed by atoms with Gasteiger partial charge >= 0.3 is 0 Å². The molecule has 1 nitrogen and oxygen atoms in total. The lowest BCUT2D eigenvalue weighted by Gasteiger charge is -2.32. The van der Waals surface area contributed by atoms with Crippen LogP contribution >= 0.6 is 11.8 Å². The third-order valence-electron chi connectivity index (χ3n) is 2.53. The van der Waals surface area contributed by atoms with Crippen LogP contribution in [-0.2, 0) is 4.74 Å². The number of rotatable bonds is 4. The van der Waals surface area contributed by atoms with E-state index in [4.69, 9.17) is 4.74 Å². The van der Waals surface area contributed by atoms with Crippen molar-refractivity contribution in [2.24, 2.45) is 0 Å². The maximum atomic E-state index is 5.36. The van der Waals surface area contributed by atoms with Crippen LogP contribution in [0.2, 0.25) is 0 Å². The summed E-state index contributed by atoms with van der Waals surface area (Å²) in [6.07, 6.45) is 9.06. The second kappa shape index (κ2) is 5.58. The van der Waals surface area contributed by atoms with Crippen LogP contribution in [0.15, 0.2) is 12.3 Å². The summed E-state index contributed by atoms with van der Waals surface area (Å²) in [5.74, 6) is 1.33. The zero-order valence-corrected chi connectivity index (χ0v) is 9.53. The number of thioether (sulfide) groups is 1. The van der Waals surface area contributed by atoms with E-state index >= 15 is 0 Å². The van der Waals surface area contributed by atoms with Crippen LogP contribution < -0.4 is 0 Å². The Kier molecular flexibility index (Phi) is 4.71. The van der Waals surface area contributed by atoms with Crippen LogP contribution in [0.5, 0.6) is 0 Å². The van der Waals surface area contributed by atoms with Gasteiger partial charge in [0.1, 0.15) is 0 Å². The highest BCUT2D eigenvalue weighted by atomic mass is 32.2. The minimum Gasteiger partial charge on any atom is -0.501 e. The second-order valence-electron chi connectivity index (χ2n) is 3.85. The molecule has 0 aliphatic carbocycles. The molecule has 1 unspecified atom stereocenters. The zero-order valence-electron chi connectivity index (χ0n) is 8.71. The molecule has 0 aromatic carbocycles. The molecule has 0 spiro atoms. The van der Waals surface area contributed by atoms with Crippen LogP contribution in [0.4, 0.5) is 0 Å². The molecule has 0 aromatic rings. The van der Waals surface area contributed by atoms with E-state index in [9.17, 15) is 0 Å². The quantitative estimate of drug-likeness (QED) is 0.506. The van der Waals surface area contributed by atoms with Gasteiger partial charge in [0.15, 0.2) is 0 Å². The molecular formula is C11H20OS. The lowest BCUT2D eigenvalue weighted by Crippen LogP contribution is -2.25. The Morgan fingerprint density at radius 1 is 1.46 bits per heavy atom. The highest BCUT2D eigenvalue weighted by Crippen LogP contribution is 2.38. The van der Waals surface area contributed by atoms with E-state index in [1.165, 1.54) is 31.4 Å². The first kappa shape index (κ1) is 11.0. The van der Waals surface area contributed by atoms with Crippen LogP contribution in [0, 0.1) is 0 Å². The van der Waals surface area contributed by atoms with Crippen molar-refractivity contribution in [1.29, 1.82) is 0 Å². The van der Waals surface area contributed by atoms with Crippen LogP contribution in [0.1, 0.15) is 39.5 Å². The van der Waals surface area contributed by atoms with Gasteiger partial charge in [0.2, 0.25) is 0 Å². The Morgan fingerprint density at radius 3 is 2.92 bits per heavy atom. The van der Waals surface area contributed by atoms with Gasteiger partial charge in [-0.2, -0.15) is 11.8 Å². The van der Waals surface area contributed by atoms with Gasteiger partial charge in [-0.05, 0) is 31.9 Å². The van der Waals surface area contributed by atoms with Gasteiger partial charge in [0.05, 0.1) is 12.9 Å². The number of allylic oxidation sites excluding steroid dienone is 1. The molecule has 0 bridgehead atoms. The third kappa shape index (κ3) is 4.08. The Bertz CT molecular complexity index is 159. The summed E-state index contributed by atoms with van der Waals surface area (Å²) in [6.45, 7) is 5.22. The highest BCUT2D eigenvalue weighted by molar-refractivity contribution is 8.00. The van der Waals surface area contributed by atoms with E-state index < -0.39 is 0 Å². The fourth-order valence-electron chi connectivity index (χ4n) is 1.63. The predicted molar refractivity (Wildman–Crippen MR) is 60.1 cm³/mol. The van der Waals surface area contributed by atoms with Crippen LogP contribution in [-0.4, -0.2) is 17.1 Å². The maximum absolute atomic E-state index is 5.36. The fourth-order valence-corrected chi connectivity index (χ4v) is 2.99. The summed E-state index contributed by atoms with van der Waals surface area (Å²) < 4.78 is 5.84. The smallest absolute Gasteiger partial charge is 0.0886 e. The van der Waals surface area contributed by atoms with Gasteiger partial charge < -0.3 is 4.74 Å². The van der Waals surface area contributed by atoms with E-state index in [0.717, 1.165) is 6.61 Å². The summed E-state index contributed by atoms with van der Waals surface area (Å²) in [6, 6.07) is 0. The molecule has 0 saturated carbocycles. The van der Waals surface area contributed by atoms with Crippen LogP contribution in [0.25, 0.3) is 0 Å². The van der Waals surface area contributed by atoms with Gasteiger partial charge in [0, 0.05) is 4.75 Å². The first-order valence-corrected chi connectivity index (χ1v) is 6.12. The Hall–Kier alpha value is -0.110. The number of hydrogen-bond donors (Lipinski definition) is 0. The van der Waals surface area contributed by atoms with Crippen molar-refractivity contribution >= 4 is 11.8 Å². The van der Waals surface area contributed by atoms with Crippen molar-refractivity contribution in [3.8, 4) is 0 Å². The SMILES string of the molecule is C/C=C/OCCC1(C)CCCCS1. The first-order valence-electron chi connectivity index (χ1n) is 5.13. The molecule has 1 aliphatic heterocycles. The van der Waals surface area contributed by atoms with Gasteiger partial charge in [-0.3, -0.25) is 0 Å². The molecule has 0 aromatic heterocycles. The molecule has 1 fully saturated rings. The summed E-state index contributed by atoms with van der Waals surface area (Å²) in [4.78, 5) is 0. The van der Waals surface area contributed by atoms with Crippen molar-refractivity contribution in [2.45, 2.75) is 44.3 Å². The molecule has 0 radical (unpaired) electrons. The maximum Gasteiger partial charge on any atom is 0.0886 e. The highest BCUT2D eigenvalue weighted by Gasteiger charge is 2.26. The molecule has 0 amide bonds. The Balaban J connectivity index is 2.17. The minimum absolute atomic E-state index is 0.486. The standard InChI is InChI=1S/C11H20OS/c1-3-8-12-9-7-11(2)6-4-5-10-13-11/h3,8H,4-7,9-10H2,1-2H3/b8-3+. The van der Waals surface area contributed by atoms with Crippen molar-refractivity contribution < 1.29 is 4.74 Å². The van der Waals surface area contributed by atoms with Gasteiger partial charge in [-0.1, -0.05) is 19.4 Å². The second-order valence-corrected chi connectivity index (χ2v) is 5.53. The molecule has 13 heavy (non-hydrogen) atoms. The molecule has 1 saturated heterocycles. The lowest BCUT2D eigenvalue weighted by molar-refractivity contribution is 0.228. The lowest BCUT2D eigenvalue weighted by atomic mass is 9.99. The first-order chi connectivity index (χ1) is 6.27. The summed E-state index contributed by atoms with van der Waals surface area (Å²) in [7, 11) is 0. The molecule has 2 heteroatoms. The number of hydrogen-bond acceptors (Lipinski definition) is 2. The van der Waals surface area contributed by atoms with E-state index in [1.807, 2.05) is 13.0 Å². The van der Waals surface area contributed by atoms with Crippen molar-refractivity contribution in [2.75, 3.05) is 12.4 Å². The fraction of sp³-hybridized carbons (Fsp3) is 0.818. The number of ether oxygens (including phenoxy) is 1. The van der Waals surface area contributed by atoms with E-state index in [-0.39, 0.29) is 0 Å². The van der Waals surface area contributed by atoms with Gasteiger partial charge in [-0.15, -0.1) is 0 Å².